The number of methoxy groups -OCH3 is 2. The Morgan fingerprint density at radius 3 is 2.59 bits per heavy atom. The van der Waals surface area contributed by atoms with Gasteiger partial charge in [-0.25, -0.2) is 9.59 Å². The number of H-pyrrole nitrogens is 1. The van der Waals surface area contributed by atoms with Gasteiger partial charge >= 0.3 is 11.7 Å². The number of ether oxygens (including phenoxy) is 2. The fraction of sp³-hybridized carbons (Fsp3) is 0.211. The Bertz CT molecular complexity index is 1080. The van der Waals surface area contributed by atoms with Gasteiger partial charge in [0.1, 0.15) is 5.56 Å². The molecule has 0 radical (unpaired) electrons. The van der Waals surface area contributed by atoms with E-state index in [1.165, 1.54) is 20.3 Å². The number of aromatic nitrogens is 1. The number of hydrogen-bond acceptors (Lipinski definition) is 6. The second-order valence-corrected chi connectivity index (χ2v) is 5.79. The van der Waals surface area contributed by atoms with Gasteiger partial charge in [0, 0.05) is 12.0 Å². The van der Waals surface area contributed by atoms with Gasteiger partial charge in [-0.1, -0.05) is 6.07 Å². The van der Waals surface area contributed by atoms with Crippen LogP contribution < -0.4 is 15.2 Å². The van der Waals surface area contributed by atoms with Crippen LogP contribution in [-0.4, -0.2) is 36.1 Å². The van der Waals surface area contributed by atoms with Crippen molar-refractivity contribution >= 4 is 22.9 Å². The van der Waals surface area contributed by atoms with Crippen LogP contribution in [0.1, 0.15) is 32.7 Å². The fourth-order valence-electron chi connectivity index (χ4n) is 2.92. The van der Waals surface area contributed by atoms with Gasteiger partial charge in [0.2, 0.25) is 0 Å². The summed E-state index contributed by atoms with van der Waals surface area (Å²) in [4.78, 5) is 37.9. The minimum absolute atomic E-state index is 0.0308. The summed E-state index contributed by atoms with van der Waals surface area (Å²) in [5, 5.41) is 9.53. The molecule has 0 saturated heterocycles. The number of nitrogens with one attached hydrogen (secondary N) is 1. The Labute approximate surface area is 153 Å². The van der Waals surface area contributed by atoms with E-state index in [0.717, 1.165) is 0 Å². The van der Waals surface area contributed by atoms with E-state index < -0.39 is 11.7 Å². The van der Waals surface area contributed by atoms with Crippen molar-refractivity contribution in [3.05, 3.63) is 57.6 Å². The van der Waals surface area contributed by atoms with E-state index in [4.69, 9.17) is 13.9 Å². The molecule has 0 fully saturated rings. The molecule has 8 heteroatoms. The minimum atomic E-state index is -1.16. The molecule has 140 valence electrons. The topological polar surface area (TPSA) is 119 Å². The van der Waals surface area contributed by atoms with E-state index in [9.17, 15) is 19.5 Å². The van der Waals surface area contributed by atoms with Crippen LogP contribution in [0.3, 0.4) is 0 Å². The molecule has 0 aliphatic rings. The zero-order chi connectivity index (χ0) is 19.6. The molecule has 0 amide bonds. The molecule has 8 nitrogen and oxygen atoms in total. The summed E-state index contributed by atoms with van der Waals surface area (Å²) in [6, 6.07) is 7.87. The van der Waals surface area contributed by atoms with E-state index in [-0.39, 0.29) is 29.9 Å². The van der Waals surface area contributed by atoms with Crippen molar-refractivity contribution in [2.24, 2.45) is 0 Å². The summed E-state index contributed by atoms with van der Waals surface area (Å²) < 4.78 is 15.3. The minimum Gasteiger partial charge on any atom is -0.493 e. The van der Waals surface area contributed by atoms with Crippen LogP contribution in [0.15, 0.2) is 39.5 Å². The highest BCUT2D eigenvalue weighted by Gasteiger charge is 2.21. The molecule has 1 heterocycles. The molecule has 0 aliphatic heterocycles. The number of Topliss-reactive ketones (excluding diaryl/α,β-unsaturated/α-hetero) is 1. The van der Waals surface area contributed by atoms with Crippen molar-refractivity contribution in [2.75, 3.05) is 14.2 Å². The average Bonchev–Trinajstić information content (AvgIpc) is 3.03. The maximum Gasteiger partial charge on any atom is 0.417 e. The molecule has 3 aromatic rings. The van der Waals surface area contributed by atoms with Crippen LogP contribution in [0.5, 0.6) is 11.5 Å². The molecule has 0 bridgehead atoms. The Balaban J connectivity index is 1.85. The summed E-state index contributed by atoms with van der Waals surface area (Å²) in [7, 11) is 2.78. The maximum atomic E-state index is 12.5. The second-order valence-electron chi connectivity index (χ2n) is 5.79. The molecule has 0 unspecified atom stereocenters. The second kappa shape index (κ2) is 7.36. The number of carboxylic acid groups (broad SMARTS) is 1. The van der Waals surface area contributed by atoms with Crippen molar-refractivity contribution in [1.82, 2.24) is 4.98 Å². The maximum absolute atomic E-state index is 12.5. The molecule has 0 aliphatic carbocycles. The molecular formula is C19H17NO7. The van der Waals surface area contributed by atoms with Crippen LogP contribution >= 0.6 is 0 Å². The predicted octanol–water partition coefficient (Wildman–Crippen LogP) is 2.65. The van der Waals surface area contributed by atoms with Gasteiger partial charge in [0.15, 0.2) is 22.9 Å². The third kappa shape index (κ3) is 3.55. The zero-order valence-electron chi connectivity index (χ0n) is 14.7. The van der Waals surface area contributed by atoms with Gasteiger partial charge in [0.05, 0.1) is 19.7 Å². The van der Waals surface area contributed by atoms with Gasteiger partial charge in [-0.15, -0.1) is 0 Å². The number of carbonyl (C=O) groups is 2. The van der Waals surface area contributed by atoms with E-state index in [1.54, 1.807) is 24.3 Å². The van der Waals surface area contributed by atoms with Gasteiger partial charge in [-0.2, -0.15) is 0 Å². The summed E-state index contributed by atoms with van der Waals surface area (Å²) in [5.74, 6) is -1.54. The number of aromatic amines is 1. The van der Waals surface area contributed by atoms with Gasteiger partial charge in [-0.05, 0) is 36.2 Å². The summed E-state index contributed by atoms with van der Waals surface area (Å²) in [6.07, 6.45) is 0.284. The van der Waals surface area contributed by atoms with Crippen LogP contribution in [0.2, 0.25) is 0 Å². The number of carbonyl (C=O) groups excluding carboxylic acids is 1. The number of hydrogen-bond donors (Lipinski definition) is 2. The van der Waals surface area contributed by atoms with Crippen LogP contribution in [0.4, 0.5) is 0 Å². The van der Waals surface area contributed by atoms with Crippen molar-refractivity contribution in [3.8, 4) is 11.5 Å². The smallest absolute Gasteiger partial charge is 0.417 e. The van der Waals surface area contributed by atoms with Crippen LogP contribution in [-0.2, 0) is 6.42 Å². The standard InChI is InChI=1S/C19H17NO7/c1-25-14-8-5-10(16(18(22)23)17(14)26-2)4-7-13(21)11-3-6-12-15(9-11)27-19(24)20-12/h3,5-6,8-9H,4,7H2,1-2H3,(H,20,24)(H,22,23). The Hall–Kier alpha value is -3.55. The number of benzene rings is 2. The van der Waals surface area contributed by atoms with Crippen molar-refractivity contribution in [2.45, 2.75) is 12.8 Å². The van der Waals surface area contributed by atoms with Gasteiger partial charge in [0.25, 0.3) is 0 Å². The van der Waals surface area contributed by atoms with E-state index >= 15 is 0 Å². The number of carboxylic acids is 1. The first-order valence-electron chi connectivity index (χ1n) is 8.07. The molecule has 3 rings (SSSR count). The fourth-order valence-corrected chi connectivity index (χ4v) is 2.92. The number of aromatic carboxylic acids is 1. The monoisotopic (exact) mass is 371 g/mol. The third-order valence-electron chi connectivity index (χ3n) is 4.21. The number of oxazole rings is 1. The number of ketones is 1. The highest BCUT2D eigenvalue weighted by molar-refractivity contribution is 5.99. The number of fused-ring (bicyclic) bond motifs is 1. The SMILES string of the molecule is COc1ccc(CCC(=O)c2ccc3[nH]c(=O)oc3c2)c(C(=O)O)c1OC. The first kappa shape index (κ1) is 18.2. The largest absolute Gasteiger partial charge is 0.493 e. The third-order valence-corrected chi connectivity index (χ3v) is 4.21. The molecule has 2 N–H and O–H groups in total. The van der Waals surface area contributed by atoms with E-state index in [0.29, 0.717) is 28.0 Å². The quantitative estimate of drug-likeness (QED) is 0.613. The molecule has 27 heavy (non-hydrogen) atoms. The normalized spacial score (nSPS) is 10.7. The van der Waals surface area contributed by atoms with Crippen LogP contribution in [0, 0.1) is 0 Å². The molecule has 0 atom stereocenters. The highest BCUT2D eigenvalue weighted by atomic mass is 16.5. The first-order valence-corrected chi connectivity index (χ1v) is 8.07. The number of aryl methyl sites for hydroxylation is 1. The highest BCUT2D eigenvalue weighted by Crippen LogP contribution is 2.34. The summed E-state index contributed by atoms with van der Waals surface area (Å²) >= 11 is 0. The Morgan fingerprint density at radius 2 is 1.93 bits per heavy atom. The molecular weight excluding hydrogens is 354 g/mol. The van der Waals surface area contributed by atoms with Crippen LogP contribution in [0.25, 0.3) is 11.1 Å². The molecule has 1 aromatic heterocycles. The lowest BCUT2D eigenvalue weighted by Crippen LogP contribution is -2.09. The molecule has 0 saturated carbocycles. The van der Waals surface area contributed by atoms with Crippen molar-refractivity contribution in [3.63, 3.8) is 0 Å². The average molecular weight is 371 g/mol. The Morgan fingerprint density at radius 1 is 1.15 bits per heavy atom. The zero-order valence-corrected chi connectivity index (χ0v) is 14.7. The lowest BCUT2D eigenvalue weighted by molar-refractivity contribution is 0.0690. The number of rotatable bonds is 7. The summed E-state index contributed by atoms with van der Waals surface area (Å²) in [5.41, 5.74) is 1.61. The predicted molar refractivity (Wildman–Crippen MR) is 96.0 cm³/mol. The van der Waals surface area contributed by atoms with E-state index in [1.807, 2.05) is 0 Å². The van der Waals surface area contributed by atoms with E-state index in [2.05, 4.69) is 4.98 Å². The van der Waals surface area contributed by atoms with Crippen molar-refractivity contribution in [1.29, 1.82) is 0 Å². The van der Waals surface area contributed by atoms with Crippen molar-refractivity contribution < 1.29 is 28.6 Å². The van der Waals surface area contributed by atoms with Gasteiger partial charge in [-0.3, -0.25) is 9.78 Å². The van der Waals surface area contributed by atoms with Gasteiger partial charge < -0.3 is 19.0 Å². The first-order chi connectivity index (χ1) is 12.9. The Kier molecular flexibility index (Phi) is 4.98. The summed E-state index contributed by atoms with van der Waals surface area (Å²) in [6.45, 7) is 0. The molecule has 2 aromatic carbocycles. The lowest BCUT2D eigenvalue weighted by Gasteiger charge is -2.14. The molecule has 0 spiro atoms. The lowest BCUT2D eigenvalue weighted by atomic mass is 9.98.